The molecule has 130 valence electrons. The summed E-state index contributed by atoms with van der Waals surface area (Å²) in [7, 11) is 0. The number of phenols is 1. The van der Waals surface area contributed by atoms with Gasteiger partial charge in [0.15, 0.2) is 0 Å². The Morgan fingerprint density at radius 2 is 1.48 bits per heavy atom. The summed E-state index contributed by atoms with van der Waals surface area (Å²) in [6.45, 7) is 11.7. The minimum atomic E-state index is 0.134. The maximum absolute atomic E-state index is 9.36. The van der Waals surface area contributed by atoms with Crippen molar-refractivity contribution in [2.24, 2.45) is 0 Å². The number of phenolic OH excluding ortho intramolecular Hbond substituents is 1. The van der Waals surface area contributed by atoms with Gasteiger partial charge in [-0.05, 0) is 0 Å². The van der Waals surface area contributed by atoms with Gasteiger partial charge in [-0.2, -0.15) is 0 Å². The van der Waals surface area contributed by atoms with Crippen molar-refractivity contribution in [3.8, 4) is 16.5 Å². The Kier molecular flexibility index (Phi) is 4.76. The van der Waals surface area contributed by atoms with E-state index >= 15 is 0 Å². The van der Waals surface area contributed by atoms with Crippen molar-refractivity contribution in [2.45, 2.75) is 58.3 Å². The van der Waals surface area contributed by atoms with E-state index in [4.69, 9.17) is 0 Å². The number of hydrogen-bond acceptors (Lipinski definition) is 1. The van der Waals surface area contributed by atoms with Crippen molar-refractivity contribution >= 4 is 19.4 Å². The molecule has 0 radical (unpaired) electrons. The molecule has 0 saturated heterocycles. The molecule has 0 amide bonds. The summed E-state index contributed by atoms with van der Waals surface area (Å²) in [5, 5.41) is 9.36. The van der Waals surface area contributed by atoms with E-state index in [-0.39, 0.29) is 31.5 Å². The Morgan fingerprint density at radius 1 is 0.920 bits per heavy atom. The normalized spacial score (nSPS) is 17.3. The van der Waals surface area contributed by atoms with Gasteiger partial charge in [0, 0.05) is 0 Å². The monoisotopic (exact) mass is 398 g/mol. The second-order valence-corrected chi connectivity index (χ2v) is 10.1. The SMILES string of the molecule is Cc1cc2c(cc1[Se]C#Cc1ccc(O)cc1)C(C)(C)CCC2(C)C. The molecule has 2 aromatic rings. The van der Waals surface area contributed by atoms with Gasteiger partial charge in [0.1, 0.15) is 0 Å². The Morgan fingerprint density at radius 3 is 2.08 bits per heavy atom. The quantitative estimate of drug-likeness (QED) is 0.559. The molecule has 1 aliphatic rings. The molecule has 2 aromatic carbocycles. The molecule has 2 heteroatoms. The predicted octanol–water partition coefficient (Wildman–Crippen LogP) is 4.39. The molecular formula is C23H26OSe. The molecule has 0 spiro atoms. The zero-order valence-electron chi connectivity index (χ0n) is 15.7. The Bertz CT molecular complexity index is 848. The Hall–Kier alpha value is -1.68. The van der Waals surface area contributed by atoms with Crippen molar-refractivity contribution in [1.82, 2.24) is 0 Å². The average Bonchev–Trinajstić information content (AvgIpc) is 2.55. The van der Waals surface area contributed by atoms with E-state index in [1.165, 1.54) is 34.0 Å². The van der Waals surface area contributed by atoms with Crippen LogP contribution in [0, 0.1) is 17.7 Å². The standard InChI is InChI=1S/C23H26OSe/c1-16-14-19-20(23(4,5)12-11-22(19,2)3)15-21(16)25-13-10-17-6-8-18(24)9-7-17/h6-9,14-15,24H,11-12H2,1-5H3. The van der Waals surface area contributed by atoms with Crippen LogP contribution in [0.15, 0.2) is 36.4 Å². The summed E-state index contributed by atoms with van der Waals surface area (Å²) in [4.78, 5) is 3.36. The molecule has 3 rings (SSSR count). The van der Waals surface area contributed by atoms with Gasteiger partial charge < -0.3 is 0 Å². The zero-order chi connectivity index (χ0) is 18.2. The molecule has 0 unspecified atom stereocenters. The number of aryl methyl sites for hydroxylation is 1. The Labute approximate surface area is 158 Å². The predicted molar refractivity (Wildman–Crippen MR) is 107 cm³/mol. The first-order chi connectivity index (χ1) is 11.7. The van der Waals surface area contributed by atoms with Gasteiger partial charge in [0.2, 0.25) is 0 Å². The van der Waals surface area contributed by atoms with Crippen LogP contribution in [0.4, 0.5) is 0 Å². The zero-order valence-corrected chi connectivity index (χ0v) is 17.4. The van der Waals surface area contributed by atoms with Crippen molar-refractivity contribution in [3.05, 3.63) is 58.7 Å². The van der Waals surface area contributed by atoms with E-state index in [1.54, 1.807) is 12.1 Å². The van der Waals surface area contributed by atoms with Crippen LogP contribution in [-0.2, 0) is 10.8 Å². The van der Waals surface area contributed by atoms with Gasteiger partial charge in [0.05, 0.1) is 0 Å². The average molecular weight is 397 g/mol. The fourth-order valence-corrected chi connectivity index (χ4v) is 4.91. The molecule has 0 saturated carbocycles. The molecule has 0 fully saturated rings. The van der Waals surface area contributed by atoms with Gasteiger partial charge in [-0.1, -0.05) is 0 Å². The van der Waals surface area contributed by atoms with Crippen LogP contribution in [0.25, 0.3) is 0 Å². The van der Waals surface area contributed by atoms with Crippen LogP contribution in [0.5, 0.6) is 5.75 Å². The molecule has 0 aromatic heterocycles. The van der Waals surface area contributed by atoms with Crippen molar-refractivity contribution in [3.63, 3.8) is 0 Å². The van der Waals surface area contributed by atoms with Crippen molar-refractivity contribution in [1.29, 1.82) is 0 Å². The van der Waals surface area contributed by atoms with Crippen molar-refractivity contribution in [2.75, 3.05) is 0 Å². The number of fused-ring (bicyclic) bond motifs is 1. The maximum atomic E-state index is 9.36. The van der Waals surface area contributed by atoms with Gasteiger partial charge >= 0.3 is 158 Å². The van der Waals surface area contributed by atoms with Crippen LogP contribution in [0.1, 0.15) is 62.8 Å². The number of rotatable bonds is 1. The molecule has 0 atom stereocenters. The molecule has 0 bridgehead atoms. The summed E-state index contributed by atoms with van der Waals surface area (Å²) in [5.74, 6) is 3.52. The second-order valence-electron chi connectivity index (χ2n) is 8.31. The molecule has 1 aliphatic carbocycles. The van der Waals surface area contributed by atoms with E-state index in [0.717, 1.165) is 5.56 Å². The van der Waals surface area contributed by atoms with Crippen LogP contribution in [0.3, 0.4) is 0 Å². The van der Waals surface area contributed by atoms with Crippen LogP contribution >= 0.6 is 0 Å². The van der Waals surface area contributed by atoms with Gasteiger partial charge in [-0.15, -0.1) is 0 Å². The summed E-state index contributed by atoms with van der Waals surface area (Å²) in [6, 6.07) is 11.9. The van der Waals surface area contributed by atoms with Crippen LogP contribution in [-0.4, -0.2) is 20.1 Å². The molecule has 1 N–H and O–H groups in total. The third-order valence-electron chi connectivity index (χ3n) is 5.37. The summed E-state index contributed by atoms with van der Waals surface area (Å²) in [5.41, 5.74) is 5.86. The molecule has 1 nitrogen and oxygen atoms in total. The van der Waals surface area contributed by atoms with E-state index in [2.05, 4.69) is 57.5 Å². The summed E-state index contributed by atoms with van der Waals surface area (Å²) in [6.07, 6.45) is 2.49. The fourth-order valence-electron chi connectivity index (χ4n) is 3.50. The first kappa shape index (κ1) is 18.1. The molecule has 25 heavy (non-hydrogen) atoms. The third kappa shape index (κ3) is 3.79. The second kappa shape index (κ2) is 6.56. The van der Waals surface area contributed by atoms with Crippen LogP contribution < -0.4 is 4.46 Å². The van der Waals surface area contributed by atoms with E-state index in [9.17, 15) is 5.11 Å². The van der Waals surface area contributed by atoms with E-state index in [1.807, 2.05) is 12.1 Å². The number of benzene rings is 2. The van der Waals surface area contributed by atoms with E-state index in [0.29, 0.717) is 0 Å². The van der Waals surface area contributed by atoms with E-state index < -0.39 is 0 Å². The Balaban J connectivity index is 1.92. The number of aromatic hydroxyl groups is 1. The third-order valence-corrected chi connectivity index (χ3v) is 7.18. The number of hydrogen-bond donors (Lipinski definition) is 1. The summed E-state index contributed by atoms with van der Waals surface area (Å²) < 4.78 is 1.39. The first-order valence-corrected chi connectivity index (χ1v) is 10.5. The summed E-state index contributed by atoms with van der Waals surface area (Å²) >= 11 is 0.134. The molecule has 0 aliphatic heterocycles. The molecular weight excluding hydrogens is 371 g/mol. The van der Waals surface area contributed by atoms with Gasteiger partial charge in [-0.25, -0.2) is 0 Å². The van der Waals surface area contributed by atoms with Gasteiger partial charge in [0.25, 0.3) is 0 Å². The van der Waals surface area contributed by atoms with Crippen LogP contribution in [0.2, 0.25) is 0 Å². The van der Waals surface area contributed by atoms with Gasteiger partial charge in [-0.3, -0.25) is 0 Å². The topological polar surface area (TPSA) is 20.2 Å². The first-order valence-electron chi connectivity index (χ1n) is 8.82. The molecule has 0 heterocycles. The minimum absolute atomic E-state index is 0.134. The van der Waals surface area contributed by atoms with Crippen molar-refractivity contribution < 1.29 is 5.11 Å². The fraction of sp³-hybridized carbons (Fsp3) is 0.391.